The number of aliphatic hydroxyl groups excluding tert-OH is 1. The molecular weight excluding hydrogens is 368 g/mol. The van der Waals surface area contributed by atoms with Crippen LogP contribution in [0.3, 0.4) is 0 Å². The molecular formula is C16H16Br2O. The number of benzene rings is 2. The molecule has 0 bridgehead atoms. The molecule has 2 aromatic carbocycles. The van der Waals surface area contributed by atoms with Gasteiger partial charge in [0.1, 0.15) is 6.10 Å². The summed E-state index contributed by atoms with van der Waals surface area (Å²) >= 11 is 6.94. The van der Waals surface area contributed by atoms with E-state index in [1.165, 1.54) is 5.56 Å². The summed E-state index contributed by atoms with van der Waals surface area (Å²) in [6.45, 7) is 2.16. The van der Waals surface area contributed by atoms with E-state index < -0.39 is 6.10 Å². The minimum atomic E-state index is -0.608. The van der Waals surface area contributed by atoms with Gasteiger partial charge >= 0.3 is 0 Å². The fourth-order valence-corrected chi connectivity index (χ4v) is 2.95. The average Bonchev–Trinajstić information content (AvgIpc) is 2.41. The molecule has 1 nitrogen and oxygen atoms in total. The van der Waals surface area contributed by atoms with E-state index in [2.05, 4.69) is 50.9 Å². The molecule has 0 saturated heterocycles. The van der Waals surface area contributed by atoms with Crippen LogP contribution >= 0.6 is 31.9 Å². The molecule has 0 aliphatic rings. The number of rotatable bonds is 4. The first kappa shape index (κ1) is 14.8. The van der Waals surface area contributed by atoms with Crippen LogP contribution in [0.4, 0.5) is 0 Å². The third-order valence-electron chi connectivity index (χ3n) is 3.06. The molecule has 2 rings (SSSR count). The Morgan fingerprint density at radius 1 is 1.11 bits per heavy atom. The smallest absolute Gasteiger partial charge is 0.105 e. The Bertz CT molecular complexity index is 566. The van der Waals surface area contributed by atoms with Crippen LogP contribution in [0.15, 0.2) is 51.4 Å². The van der Waals surface area contributed by atoms with Gasteiger partial charge in [0, 0.05) is 14.5 Å². The van der Waals surface area contributed by atoms with Crippen molar-refractivity contribution in [2.24, 2.45) is 0 Å². The SMILES string of the molecule is CCCc1cccc(C(O)c2cc(Br)ccc2Br)c1. The van der Waals surface area contributed by atoms with Gasteiger partial charge < -0.3 is 5.11 Å². The van der Waals surface area contributed by atoms with Crippen LogP contribution in [0.2, 0.25) is 0 Å². The zero-order valence-corrected chi connectivity index (χ0v) is 13.9. The Morgan fingerprint density at radius 2 is 1.89 bits per heavy atom. The first-order valence-corrected chi connectivity index (χ1v) is 7.92. The predicted molar refractivity (Wildman–Crippen MR) is 86.3 cm³/mol. The molecule has 1 unspecified atom stereocenters. The molecule has 0 aliphatic heterocycles. The van der Waals surface area contributed by atoms with Crippen LogP contribution < -0.4 is 0 Å². The largest absolute Gasteiger partial charge is 0.384 e. The van der Waals surface area contributed by atoms with Crippen molar-refractivity contribution in [2.45, 2.75) is 25.9 Å². The summed E-state index contributed by atoms with van der Waals surface area (Å²) in [5.41, 5.74) is 3.08. The summed E-state index contributed by atoms with van der Waals surface area (Å²) in [5, 5.41) is 10.5. The molecule has 0 saturated carbocycles. The van der Waals surface area contributed by atoms with Gasteiger partial charge in [-0.1, -0.05) is 69.5 Å². The van der Waals surface area contributed by atoms with Crippen molar-refractivity contribution >= 4 is 31.9 Å². The number of aliphatic hydroxyl groups is 1. The third-order valence-corrected chi connectivity index (χ3v) is 4.27. The van der Waals surface area contributed by atoms with Gasteiger partial charge in [-0.05, 0) is 35.7 Å². The lowest BCUT2D eigenvalue weighted by Crippen LogP contribution is -2.01. The normalized spacial score (nSPS) is 12.4. The van der Waals surface area contributed by atoms with Gasteiger partial charge in [-0.15, -0.1) is 0 Å². The fourth-order valence-electron chi connectivity index (χ4n) is 2.11. The van der Waals surface area contributed by atoms with Crippen molar-refractivity contribution in [3.63, 3.8) is 0 Å². The molecule has 0 aromatic heterocycles. The minimum Gasteiger partial charge on any atom is -0.384 e. The summed E-state index contributed by atoms with van der Waals surface area (Å²) in [6, 6.07) is 14.0. The van der Waals surface area contributed by atoms with Crippen molar-refractivity contribution in [3.05, 3.63) is 68.1 Å². The quantitative estimate of drug-likeness (QED) is 0.764. The maximum Gasteiger partial charge on any atom is 0.105 e. The van der Waals surface area contributed by atoms with E-state index in [1.807, 2.05) is 30.3 Å². The molecule has 0 amide bonds. The second-order valence-corrected chi connectivity index (χ2v) is 6.33. The van der Waals surface area contributed by atoms with Gasteiger partial charge in [0.2, 0.25) is 0 Å². The van der Waals surface area contributed by atoms with E-state index in [4.69, 9.17) is 0 Å². The zero-order chi connectivity index (χ0) is 13.8. The van der Waals surface area contributed by atoms with E-state index in [1.54, 1.807) is 0 Å². The lowest BCUT2D eigenvalue weighted by atomic mass is 9.98. The average molecular weight is 384 g/mol. The highest BCUT2D eigenvalue weighted by Crippen LogP contribution is 2.31. The topological polar surface area (TPSA) is 20.2 Å². The van der Waals surface area contributed by atoms with Crippen molar-refractivity contribution < 1.29 is 5.11 Å². The van der Waals surface area contributed by atoms with Crippen LogP contribution in [-0.4, -0.2) is 5.11 Å². The molecule has 2 aromatic rings. The van der Waals surface area contributed by atoms with E-state index in [0.717, 1.165) is 32.9 Å². The van der Waals surface area contributed by atoms with Crippen molar-refractivity contribution in [3.8, 4) is 0 Å². The molecule has 0 spiro atoms. The molecule has 0 aliphatic carbocycles. The molecule has 19 heavy (non-hydrogen) atoms. The van der Waals surface area contributed by atoms with Crippen LogP contribution in [-0.2, 0) is 6.42 Å². The highest BCUT2D eigenvalue weighted by atomic mass is 79.9. The van der Waals surface area contributed by atoms with Crippen LogP contribution in [0.1, 0.15) is 36.1 Å². The number of halogens is 2. The van der Waals surface area contributed by atoms with Gasteiger partial charge in [0.25, 0.3) is 0 Å². The summed E-state index contributed by atoms with van der Waals surface area (Å²) < 4.78 is 1.89. The highest BCUT2D eigenvalue weighted by molar-refractivity contribution is 9.11. The zero-order valence-electron chi connectivity index (χ0n) is 10.7. The van der Waals surface area contributed by atoms with E-state index in [9.17, 15) is 5.11 Å². The predicted octanol–water partition coefficient (Wildman–Crippen LogP) is 5.25. The molecule has 3 heteroatoms. The third kappa shape index (κ3) is 3.68. The van der Waals surface area contributed by atoms with Crippen molar-refractivity contribution in [2.75, 3.05) is 0 Å². The second-order valence-electron chi connectivity index (χ2n) is 4.56. The summed E-state index contributed by atoms with van der Waals surface area (Å²) in [7, 11) is 0. The van der Waals surface area contributed by atoms with Gasteiger partial charge in [0.15, 0.2) is 0 Å². The Kier molecular flexibility index (Phi) is 5.20. The van der Waals surface area contributed by atoms with Crippen molar-refractivity contribution in [1.29, 1.82) is 0 Å². The first-order valence-electron chi connectivity index (χ1n) is 6.33. The fraction of sp³-hybridized carbons (Fsp3) is 0.250. The number of hydrogen-bond acceptors (Lipinski definition) is 1. The van der Waals surface area contributed by atoms with Gasteiger partial charge in [0.05, 0.1) is 0 Å². The summed E-state index contributed by atoms with van der Waals surface area (Å²) in [4.78, 5) is 0. The van der Waals surface area contributed by atoms with Crippen LogP contribution in [0.5, 0.6) is 0 Å². The summed E-state index contributed by atoms with van der Waals surface area (Å²) in [5.74, 6) is 0. The molecule has 0 fully saturated rings. The number of hydrogen-bond donors (Lipinski definition) is 1. The maximum atomic E-state index is 10.5. The van der Waals surface area contributed by atoms with Crippen LogP contribution in [0, 0.1) is 0 Å². The minimum absolute atomic E-state index is 0.608. The monoisotopic (exact) mass is 382 g/mol. The lowest BCUT2D eigenvalue weighted by Gasteiger charge is -2.15. The molecule has 100 valence electrons. The van der Waals surface area contributed by atoms with Crippen LogP contribution in [0.25, 0.3) is 0 Å². The molecule has 1 atom stereocenters. The Balaban J connectivity index is 2.35. The van der Waals surface area contributed by atoms with Crippen molar-refractivity contribution in [1.82, 2.24) is 0 Å². The van der Waals surface area contributed by atoms with E-state index in [0.29, 0.717) is 0 Å². The van der Waals surface area contributed by atoms with E-state index in [-0.39, 0.29) is 0 Å². The van der Waals surface area contributed by atoms with Gasteiger partial charge in [-0.25, -0.2) is 0 Å². The van der Waals surface area contributed by atoms with Gasteiger partial charge in [-0.3, -0.25) is 0 Å². The standard InChI is InChI=1S/C16H16Br2O/c1-2-4-11-5-3-6-12(9-11)16(19)14-10-13(17)7-8-15(14)18/h3,5-10,16,19H,2,4H2,1H3. The first-order chi connectivity index (χ1) is 9.11. The maximum absolute atomic E-state index is 10.5. The Morgan fingerprint density at radius 3 is 2.63 bits per heavy atom. The molecule has 0 heterocycles. The highest BCUT2D eigenvalue weighted by Gasteiger charge is 2.14. The number of aryl methyl sites for hydroxylation is 1. The van der Waals surface area contributed by atoms with E-state index >= 15 is 0 Å². The Hall–Kier alpha value is -0.640. The Labute approximate surface area is 130 Å². The summed E-state index contributed by atoms with van der Waals surface area (Å²) in [6.07, 6.45) is 1.55. The molecule has 0 radical (unpaired) electrons. The molecule has 1 N–H and O–H groups in total. The second kappa shape index (κ2) is 6.69. The lowest BCUT2D eigenvalue weighted by molar-refractivity contribution is 0.219. The van der Waals surface area contributed by atoms with Gasteiger partial charge in [-0.2, -0.15) is 0 Å².